The molecule has 25 heteroatoms. The maximum absolute atomic E-state index is 13.5. The molecule has 10 heterocycles. The Hall–Kier alpha value is -7.81. The van der Waals surface area contributed by atoms with Gasteiger partial charge in [-0.3, -0.25) is 14.5 Å². The second-order valence-corrected chi connectivity index (χ2v) is 23.5. The molecule has 0 spiro atoms. The van der Waals surface area contributed by atoms with Gasteiger partial charge in [0.1, 0.15) is 50.8 Å². The fraction of sp³-hybridized carbons (Fsp3) is 0.400. The third-order valence-electron chi connectivity index (χ3n) is 15.7. The zero-order valence-corrected chi connectivity index (χ0v) is 50.2. The Morgan fingerprint density at radius 3 is 1.48 bits per heavy atom. The monoisotopic (exact) mass is 1210 g/mol. The lowest BCUT2D eigenvalue weighted by atomic mass is 10.0. The molecule has 0 radical (unpaired) electrons. The van der Waals surface area contributed by atoms with E-state index in [1.54, 1.807) is 29.2 Å². The van der Waals surface area contributed by atoms with Crippen LogP contribution in [-0.4, -0.2) is 184 Å². The SMILES string of the molecule is CCc1nn2ccc(N3CCN(CC(=O)N4CC(CO)C4)CC3)cc2c1N(C)c1nc(-c2ccc(F)cc2)c(C#N)s1.CCc1nn2ccc(N3CCNCC3)cc2c1N(C)c1nc(-c2ccc(F)cc2)c(C#N)s1.O=C(CCl)N1CC(CO)C1. The molecule has 4 saturated heterocycles. The summed E-state index contributed by atoms with van der Waals surface area (Å²) in [6.07, 6.45) is 5.48. The quantitative estimate of drug-likeness (QED) is 0.0861. The Morgan fingerprint density at radius 1 is 0.659 bits per heavy atom. The molecular formula is C60H67ClF2N16O4S2. The Balaban J connectivity index is 0.000000166. The number of aromatic nitrogens is 6. The summed E-state index contributed by atoms with van der Waals surface area (Å²) in [7, 11) is 3.90. The molecule has 0 unspecified atom stereocenters. The van der Waals surface area contributed by atoms with E-state index in [0.29, 0.717) is 69.7 Å². The first-order valence-electron chi connectivity index (χ1n) is 28.3. The van der Waals surface area contributed by atoms with Crippen LogP contribution in [0.5, 0.6) is 0 Å². The first-order valence-corrected chi connectivity index (χ1v) is 30.5. The minimum Gasteiger partial charge on any atom is -0.396 e. The maximum Gasteiger partial charge on any atom is 0.237 e. The van der Waals surface area contributed by atoms with Crippen molar-refractivity contribution in [1.29, 1.82) is 10.5 Å². The van der Waals surface area contributed by atoms with Crippen LogP contribution in [0, 0.1) is 46.1 Å². The molecule has 4 aliphatic heterocycles. The molecule has 4 aliphatic rings. The number of thiazole rings is 2. The van der Waals surface area contributed by atoms with Crippen LogP contribution in [0.25, 0.3) is 33.5 Å². The van der Waals surface area contributed by atoms with Crippen molar-refractivity contribution in [3.8, 4) is 34.7 Å². The number of nitrogens with zero attached hydrogens (tertiary/aromatic N) is 15. The van der Waals surface area contributed by atoms with Crippen molar-refractivity contribution >= 4 is 90.1 Å². The van der Waals surface area contributed by atoms with Gasteiger partial charge in [-0.05, 0) is 85.6 Å². The van der Waals surface area contributed by atoms with Gasteiger partial charge in [0, 0.05) is 153 Å². The van der Waals surface area contributed by atoms with Crippen molar-refractivity contribution in [2.75, 3.05) is 138 Å². The third kappa shape index (κ3) is 13.2. The molecule has 2 aromatic carbocycles. The molecule has 2 amide bonds. The standard InChI is InChI=1S/C30H33FN8O2S.C24H24FN7S.C6H10ClNO2/c1-3-24-29(35(2)30-33-28(26(15-32)42-30)21-4-6-22(31)7-5-21)25-14-23(8-9-39(25)34-24)37-12-10-36(11-13-37)18-27(41)38-16-20(17-38)19-40;1-3-19-23(20-14-18(8-11-32(20)29-19)31-12-9-27-10-13-31)30(2)24-28-22(21(15-26)33-24)16-4-6-17(25)7-5-16;7-1-6(10)8-2-5(3-8)4-9/h4-9,14,20,40H,3,10-13,16-19H2,1-2H3;4-8,11,14,27H,3,9-10,12-13H2,1-2H3;5,9H,1-4H2. The van der Waals surface area contributed by atoms with Crippen LogP contribution >= 0.6 is 34.3 Å². The highest BCUT2D eigenvalue weighted by atomic mass is 35.5. The van der Waals surface area contributed by atoms with Gasteiger partial charge in [0.25, 0.3) is 0 Å². The number of fused-ring (bicyclic) bond motifs is 2. The first kappa shape index (κ1) is 60.3. The second kappa shape index (κ2) is 27.1. The number of halogens is 3. The summed E-state index contributed by atoms with van der Waals surface area (Å²) in [6, 6.07) is 25.1. The van der Waals surface area contributed by atoms with Crippen LogP contribution in [0.2, 0.25) is 0 Å². The zero-order chi connectivity index (χ0) is 59.9. The highest BCUT2D eigenvalue weighted by Crippen LogP contribution is 2.41. The summed E-state index contributed by atoms with van der Waals surface area (Å²) in [6.45, 7) is 14.6. The summed E-state index contributed by atoms with van der Waals surface area (Å²) in [5.74, 6) is 0.0129. The van der Waals surface area contributed by atoms with Crippen molar-refractivity contribution in [1.82, 2.24) is 49.2 Å². The molecule has 3 N–H and O–H groups in total. The Labute approximate surface area is 504 Å². The predicted molar refractivity (Wildman–Crippen MR) is 328 cm³/mol. The average Bonchev–Trinajstić information content (AvgIpc) is 2.77. The van der Waals surface area contributed by atoms with Gasteiger partial charge in [-0.15, -0.1) is 11.6 Å². The molecule has 12 rings (SSSR count). The number of aliphatic hydroxyl groups is 2. The molecule has 0 atom stereocenters. The highest BCUT2D eigenvalue weighted by Gasteiger charge is 2.32. The van der Waals surface area contributed by atoms with E-state index in [2.05, 4.69) is 70.3 Å². The molecule has 8 aromatic rings. The van der Waals surface area contributed by atoms with E-state index >= 15 is 0 Å². The van der Waals surface area contributed by atoms with Gasteiger partial charge in [0.15, 0.2) is 10.3 Å². The minimum absolute atomic E-state index is 0.0358. The van der Waals surface area contributed by atoms with Crippen molar-refractivity contribution in [3.05, 3.63) is 118 Å². The van der Waals surface area contributed by atoms with Crippen molar-refractivity contribution in [2.24, 2.45) is 11.8 Å². The van der Waals surface area contributed by atoms with E-state index < -0.39 is 0 Å². The number of piperazine rings is 2. The van der Waals surface area contributed by atoms with E-state index in [1.165, 1.54) is 52.6 Å². The summed E-state index contributed by atoms with van der Waals surface area (Å²) in [4.78, 5) is 48.3. The fourth-order valence-corrected chi connectivity index (χ4v) is 12.7. The predicted octanol–water partition coefficient (Wildman–Crippen LogP) is 7.26. The molecule has 6 aromatic heterocycles. The van der Waals surface area contributed by atoms with E-state index in [4.69, 9.17) is 36.9 Å². The van der Waals surface area contributed by atoms with Gasteiger partial charge in [-0.1, -0.05) is 36.5 Å². The number of aliphatic hydroxyl groups excluding tert-OH is 2. The smallest absolute Gasteiger partial charge is 0.237 e. The average molecular weight is 1210 g/mol. The normalized spacial score (nSPS) is 15.6. The van der Waals surface area contributed by atoms with Crippen molar-refractivity contribution in [2.45, 2.75) is 26.7 Å². The number of nitriles is 2. The topological polar surface area (TPSA) is 217 Å². The fourth-order valence-electron chi connectivity index (χ4n) is 10.8. The van der Waals surface area contributed by atoms with Crippen LogP contribution in [0.1, 0.15) is 35.0 Å². The largest absolute Gasteiger partial charge is 0.396 e. The molecule has 444 valence electrons. The van der Waals surface area contributed by atoms with E-state index in [9.17, 15) is 34.0 Å². The number of hydrogen-bond donors (Lipinski definition) is 3. The number of hydrogen-bond acceptors (Lipinski definition) is 18. The molecule has 0 bridgehead atoms. The number of nitrogens with one attached hydrogen (secondary N) is 1. The number of rotatable bonds is 15. The Bertz CT molecular complexity index is 3720. The van der Waals surface area contributed by atoms with Gasteiger partial charge < -0.3 is 44.9 Å². The third-order valence-corrected chi connectivity index (χ3v) is 18.0. The number of carbonyl (C=O) groups excluding carboxylic acids is 2. The van der Waals surface area contributed by atoms with E-state index in [0.717, 1.165) is 110 Å². The minimum atomic E-state index is -0.335. The number of amides is 2. The summed E-state index contributed by atoms with van der Waals surface area (Å²) >= 11 is 7.93. The van der Waals surface area contributed by atoms with Gasteiger partial charge in [0.2, 0.25) is 11.8 Å². The highest BCUT2D eigenvalue weighted by molar-refractivity contribution is 7.17. The zero-order valence-electron chi connectivity index (χ0n) is 47.8. The van der Waals surface area contributed by atoms with Gasteiger partial charge >= 0.3 is 0 Å². The van der Waals surface area contributed by atoms with E-state index in [-0.39, 0.29) is 54.4 Å². The molecular weight excluding hydrogens is 1150 g/mol. The summed E-state index contributed by atoms with van der Waals surface area (Å²) in [5.41, 5.74) is 10.5. The van der Waals surface area contributed by atoms with Crippen LogP contribution in [0.4, 0.5) is 41.8 Å². The lowest BCUT2D eigenvalue weighted by Gasteiger charge is -2.41. The molecule has 85 heavy (non-hydrogen) atoms. The number of aryl methyl sites for hydroxylation is 2. The Kier molecular flexibility index (Phi) is 19.2. The van der Waals surface area contributed by atoms with Crippen LogP contribution < -0.4 is 24.9 Å². The number of carbonyl (C=O) groups is 2. The lowest BCUT2D eigenvalue weighted by molar-refractivity contribution is -0.139. The summed E-state index contributed by atoms with van der Waals surface area (Å²) in [5, 5.41) is 51.7. The molecule has 0 aliphatic carbocycles. The van der Waals surface area contributed by atoms with Crippen molar-refractivity contribution < 1.29 is 28.6 Å². The van der Waals surface area contributed by atoms with Gasteiger partial charge in [-0.25, -0.2) is 27.8 Å². The summed E-state index contributed by atoms with van der Waals surface area (Å²) < 4.78 is 30.7. The Morgan fingerprint density at radius 2 is 1.08 bits per heavy atom. The number of alkyl halides is 1. The molecule has 4 fully saturated rings. The lowest BCUT2D eigenvalue weighted by Crippen LogP contribution is -2.56. The maximum atomic E-state index is 13.5. The second-order valence-electron chi connectivity index (χ2n) is 21.3. The first-order chi connectivity index (χ1) is 41.2. The number of likely N-dealkylation sites (tertiary alicyclic amines) is 2. The number of anilines is 6. The van der Waals surface area contributed by atoms with Crippen LogP contribution in [0.15, 0.2) is 85.2 Å². The van der Waals surface area contributed by atoms with Gasteiger partial charge in [0.05, 0.1) is 40.3 Å². The van der Waals surface area contributed by atoms with Crippen LogP contribution in [0.3, 0.4) is 0 Å². The molecule has 0 saturated carbocycles. The molecule has 20 nitrogen and oxygen atoms in total. The number of pyridine rings is 2. The van der Waals surface area contributed by atoms with Gasteiger partial charge in [-0.2, -0.15) is 20.7 Å². The number of benzene rings is 2. The van der Waals surface area contributed by atoms with Crippen LogP contribution in [-0.2, 0) is 22.4 Å². The van der Waals surface area contributed by atoms with Crippen molar-refractivity contribution in [3.63, 3.8) is 0 Å². The van der Waals surface area contributed by atoms with E-state index in [1.807, 2.05) is 50.2 Å².